The van der Waals surface area contributed by atoms with Crippen LogP contribution < -0.4 is 5.73 Å². The van der Waals surface area contributed by atoms with Crippen molar-refractivity contribution < 1.29 is 4.92 Å². The molecule has 0 unspecified atom stereocenters. The van der Waals surface area contributed by atoms with Crippen LogP contribution in [0.15, 0.2) is 28.3 Å². The number of H-pyrrole nitrogens is 1. The van der Waals surface area contributed by atoms with Gasteiger partial charge in [0.1, 0.15) is 0 Å². The fraction of sp³-hybridized carbons (Fsp3) is 0. The minimum absolute atomic E-state index is 0.0918. The molecule has 0 aliphatic rings. The minimum Gasteiger partial charge on any atom is -0.368 e. The van der Waals surface area contributed by atoms with Gasteiger partial charge >= 0.3 is 0 Å². The van der Waals surface area contributed by atoms with Crippen molar-refractivity contribution in [1.82, 2.24) is 15.2 Å². The van der Waals surface area contributed by atoms with Gasteiger partial charge in [0.2, 0.25) is 11.1 Å². The fourth-order valence-electron chi connectivity index (χ4n) is 1.12. The minimum atomic E-state index is -0.510. The van der Waals surface area contributed by atoms with Gasteiger partial charge in [-0.25, -0.2) is 5.10 Å². The number of halogens is 1. The molecule has 0 spiro atoms. The van der Waals surface area contributed by atoms with Crippen LogP contribution in [0.5, 0.6) is 0 Å². The fourth-order valence-corrected chi connectivity index (χ4v) is 2.09. The number of benzene rings is 1. The largest absolute Gasteiger partial charge is 0.368 e. The lowest BCUT2D eigenvalue weighted by atomic mass is 10.3. The molecule has 1 aromatic carbocycles. The maximum absolute atomic E-state index is 10.8. The highest BCUT2D eigenvalue weighted by atomic mass is 35.5. The number of aromatic nitrogens is 3. The molecule has 1 aromatic heterocycles. The third-order valence-corrected chi connectivity index (χ3v) is 2.97. The molecule has 1 heterocycles. The van der Waals surface area contributed by atoms with Crippen molar-refractivity contribution in [3.05, 3.63) is 33.3 Å². The summed E-state index contributed by atoms with van der Waals surface area (Å²) in [4.78, 5) is 14.6. The second-order valence-corrected chi connectivity index (χ2v) is 4.42. The summed E-state index contributed by atoms with van der Waals surface area (Å²) in [7, 11) is 0. The summed E-state index contributed by atoms with van der Waals surface area (Å²) in [5.74, 6) is 0.157. The first kappa shape index (κ1) is 11.7. The van der Waals surface area contributed by atoms with E-state index in [2.05, 4.69) is 15.2 Å². The molecule has 0 saturated heterocycles. The number of rotatable bonds is 3. The Labute approximate surface area is 105 Å². The van der Waals surface area contributed by atoms with E-state index in [0.29, 0.717) is 15.1 Å². The lowest BCUT2D eigenvalue weighted by Gasteiger charge is -1.99. The zero-order valence-electron chi connectivity index (χ0n) is 8.25. The molecule has 0 atom stereocenters. The summed E-state index contributed by atoms with van der Waals surface area (Å²) in [6.45, 7) is 0. The van der Waals surface area contributed by atoms with Gasteiger partial charge in [0.15, 0.2) is 0 Å². The molecule has 0 amide bonds. The molecule has 2 rings (SSSR count). The van der Waals surface area contributed by atoms with Crippen molar-refractivity contribution in [2.24, 2.45) is 0 Å². The van der Waals surface area contributed by atoms with Gasteiger partial charge in [0.05, 0.1) is 9.82 Å². The van der Waals surface area contributed by atoms with Crippen LogP contribution in [-0.2, 0) is 0 Å². The normalized spacial score (nSPS) is 10.4. The van der Waals surface area contributed by atoms with Crippen molar-refractivity contribution >= 4 is 35.0 Å². The predicted octanol–water partition coefficient (Wildman–Crippen LogP) is 2.10. The van der Waals surface area contributed by atoms with E-state index in [9.17, 15) is 10.1 Å². The second kappa shape index (κ2) is 4.60. The number of hydrogen-bond acceptors (Lipinski definition) is 6. The Hall–Kier alpha value is -1.80. The third kappa shape index (κ3) is 2.66. The molecule has 3 N–H and O–H groups in total. The number of nitrogen functional groups attached to an aromatic ring is 1. The maximum atomic E-state index is 10.8. The molecular formula is C8H6ClN5O2S. The van der Waals surface area contributed by atoms with E-state index in [1.165, 1.54) is 12.1 Å². The van der Waals surface area contributed by atoms with Gasteiger partial charge in [-0.3, -0.25) is 10.1 Å². The van der Waals surface area contributed by atoms with Crippen molar-refractivity contribution in [2.45, 2.75) is 10.1 Å². The zero-order valence-corrected chi connectivity index (χ0v) is 9.83. The topological polar surface area (TPSA) is 111 Å². The zero-order chi connectivity index (χ0) is 12.4. The maximum Gasteiger partial charge on any atom is 0.284 e. The third-order valence-electron chi connectivity index (χ3n) is 1.80. The smallest absolute Gasteiger partial charge is 0.284 e. The van der Waals surface area contributed by atoms with Crippen LogP contribution in [0.1, 0.15) is 0 Å². The Bertz CT molecular complexity index is 573. The van der Waals surface area contributed by atoms with Crippen molar-refractivity contribution in [3.63, 3.8) is 0 Å². The SMILES string of the molecule is Nc1nc(Sc2ccc(Cl)cc2[N+](=O)[O-])n[nH]1. The number of nitrogens with two attached hydrogens (primary N) is 1. The Morgan fingerprint density at radius 3 is 2.88 bits per heavy atom. The van der Waals surface area contributed by atoms with E-state index in [-0.39, 0.29) is 11.6 Å². The van der Waals surface area contributed by atoms with E-state index in [1.807, 2.05) is 0 Å². The van der Waals surface area contributed by atoms with E-state index < -0.39 is 4.92 Å². The number of anilines is 1. The van der Waals surface area contributed by atoms with E-state index in [1.54, 1.807) is 6.07 Å². The number of aromatic amines is 1. The van der Waals surface area contributed by atoms with E-state index in [4.69, 9.17) is 17.3 Å². The Balaban J connectivity index is 2.35. The summed E-state index contributed by atoms with van der Waals surface area (Å²) in [5, 5.41) is 17.7. The van der Waals surface area contributed by atoms with Gasteiger partial charge in [-0.2, -0.15) is 4.98 Å². The molecular weight excluding hydrogens is 266 g/mol. The van der Waals surface area contributed by atoms with Gasteiger partial charge in [-0.05, 0) is 23.9 Å². The molecule has 0 fully saturated rings. The summed E-state index contributed by atoms with van der Waals surface area (Å²) in [5.41, 5.74) is 5.26. The van der Waals surface area contributed by atoms with Crippen LogP contribution in [-0.4, -0.2) is 20.1 Å². The molecule has 0 aliphatic carbocycles. The number of nitro benzene ring substituents is 1. The monoisotopic (exact) mass is 271 g/mol. The lowest BCUT2D eigenvalue weighted by Crippen LogP contribution is -1.91. The molecule has 0 radical (unpaired) electrons. The van der Waals surface area contributed by atoms with Crippen molar-refractivity contribution in [2.75, 3.05) is 5.73 Å². The molecule has 0 bridgehead atoms. The van der Waals surface area contributed by atoms with Crippen LogP contribution in [0.2, 0.25) is 5.02 Å². The molecule has 0 aliphatic heterocycles. The van der Waals surface area contributed by atoms with Crippen LogP contribution in [0, 0.1) is 10.1 Å². The highest BCUT2D eigenvalue weighted by molar-refractivity contribution is 7.99. The summed E-state index contributed by atoms with van der Waals surface area (Å²) in [6, 6.07) is 4.38. The van der Waals surface area contributed by atoms with E-state index >= 15 is 0 Å². The molecule has 17 heavy (non-hydrogen) atoms. The number of hydrogen-bond donors (Lipinski definition) is 2. The summed E-state index contributed by atoms with van der Waals surface area (Å²) in [6.07, 6.45) is 0. The van der Waals surface area contributed by atoms with Gasteiger partial charge in [0.25, 0.3) is 5.69 Å². The van der Waals surface area contributed by atoms with Crippen LogP contribution in [0.4, 0.5) is 11.6 Å². The van der Waals surface area contributed by atoms with Crippen molar-refractivity contribution in [3.8, 4) is 0 Å². The standard InChI is InChI=1S/C8H6ClN5O2S/c9-4-1-2-6(5(3-4)14(15)16)17-8-11-7(10)12-13-8/h1-3H,(H3,10,11,12,13). The Kier molecular flexibility index (Phi) is 3.16. The van der Waals surface area contributed by atoms with Gasteiger partial charge in [-0.15, -0.1) is 5.10 Å². The number of nitrogens with one attached hydrogen (secondary N) is 1. The predicted molar refractivity (Wildman–Crippen MR) is 63.0 cm³/mol. The number of nitro groups is 1. The number of nitrogens with zero attached hydrogens (tertiary/aromatic N) is 3. The van der Waals surface area contributed by atoms with Crippen LogP contribution in [0.3, 0.4) is 0 Å². The molecule has 0 saturated carbocycles. The van der Waals surface area contributed by atoms with Crippen molar-refractivity contribution in [1.29, 1.82) is 0 Å². The highest BCUT2D eigenvalue weighted by Crippen LogP contribution is 2.34. The lowest BCUT2D eigenvalue weighted by molar-refractivity contribution is -0.387. The molecule has 88 valence electrons. The van der Waals surface area contributed by atoms with Crippen LogP contribution in [0.25, 0.3) is 0 Å². The van der Waals surface area contributed by atoms with Gasteiger partial charge < -0.3 is 5.73 Å². The average Bonchev–Trinajstić information content (AvgIpc) is 2.66. The summed E-state index contributed by atoms with van der Waals surface area (Å²) < 4.78 is 0. The van der Waals surface area contributed by atoms with Gasteiger partial charge in [-0.1, -0.05) is 11.6 Å². The first-order chi connectivity index (χ1) is 8.06. The Morgan fingerprint density at radius 2 is 2.29 bits per heavy atom. The average molecular weight is 272 g/mol. The molecule has 2 aromatic rings. The van der Waals surface area contributed by atoms with Gasteiger partial charge in [0, 0.05) is 11.1 Å². The molecule has 9 heteroatoms. The quantitative estimate of drug-likeness (QED) is 0.653. The Morgan fingerprint density at radius 1 is 1.53 bits per heavy atom. The van der Waals surface area contributed by atoms with E-state index in [0.717, 1.165) is 11.8 Å². The highest BCUT2D eigenvalue weighted by Gasteiger charge is 2.17. The second-order valence-electron chi connectivity index (χ2n) is 2.97. The first-order valence-electron chi connectivity index (χ1n) is 4.36. The van der Waals surface area contributed by atoms with Crippen LogP contribution >= 0.6 is 23.4 Å². The molecule has 7 nitrogen and oxygen atoms in total. The summed E-state index contributed by atoms with van der Waals surface area (Å²) >= 11 is 6.74. The first-order valence-corrected chi connectivity index (χ1v) is 5.55.